The molecule has 4 nitrogen and oxygen atoms in total. The van der Waals surface area contributed by atoms with Gasteiger partial charge in [-0.3, -0.25) is 0 Å². The minimum Gasteiger partial charge on any atom is -0.504 e. The minimum absolute atomic E-state index is 0.125. The molecule has 11 heavy (non-hydrogen) atoms. The molecular weight excluding hydrogens is 146 g/mol. The van der Waals surface area contributed by atoms with E-state index in [0.717, 1.165) is 0 Å². The van der Waals surface area contributed by atoms with Crippen LogP contribution in [-0.4, -0.2) is 10.2 Å². The first-order valence-corrected chi connectivity index (χ1v) is 3.04. The van der Waals surface area contributed by atoms with Gasteiger partial charge in [0.25, 0.3) is 0 Å². The van der Waals surface area contributed by atoms with Crippen LogP contribution < -0.4 is 0 Å². The van der Waals surface area contributed by atoms with Crippen LogP contribution >= 0.6 is 0 Å². The van der Waals surface area contributed by atoms with Crippen molar-refractivity contribution in [2.75, 3.05) is 0 Å². The van der Waals surface area contributed by atoms with E-state index >= 15 is 0 Å². The molecule has 1 rings (SSSR count). The number of hydrogen-bond acceptors (Lipinski definition) is 4. The molecule has 2 N–H and O–H groups in total. The second-order valence-corrected chi connectivity index (χ2v) is 2.07. The summed E-state index contributed by atoms with van der Waals surface area (Å²) < 4.78 is 0. The van der Waals surface area contributed by atoms with Gasteiger partial charge in [0, 0.05) is 5.56 Å². The number of para-hydroxylation sites is 1. The van der Waals surface area contributed by atoms with Crippen LogP contribution in [0.1, 0.15) is 5.56 Å². The lowest BCUT2D eigenvalue weighted by Crippen LogP contribution is -1.81. The molecule has 0 aliphatic carbocycles. The average molecular weight is 153 g/mol. The lowest BCUT2D eigenvalue weighted by atomic mass is 10.2. The molecule has 0 spiro atoms. The monoisotopic (exact) mass is 153 g/mol. The van der Waals surface area contributed by atoms with Crippen molar-refractivity contribution >= 4 is 0 Å². The third kappa shape index (κ3) is 1.46. The highest BCUT2D eigenvalue weighted by molar-refractivity contribution is 5.44. The van der Waals surface area contributed by atoms with E-state index < -0.39 is 0 Å². The summed E-state index contributed by atoms with van der Waals surface area (Å²) in [5.74, 6) is -0.502. The molecule has 58 valence electrons. The molecule has 0 amide bonds. The number of aromatic hydroxyl groups is 2. The van der Waals surface area contributed by atoms with Crippen molar-refractivity contribution in [2.45, 2.75) is 6.54 Å². The highest BCUT2D eigenvalue weighted by atomic mass is 16.3. The normalized spacial score (nSPS) is 9.45. The molecule has 0 saturated carbocycles. The first-order valence-electron chi connectivity index (χ1n) is 3.04. The molecule has 0 aliphatic rings. The molecule has 1 aromatic rings. The molecule has 0 radical (unpaired) electrons. The third-order valence-corrected chi connectivity index (χ3v) is 1.33. The fourth-order valence-corrected chi connectivity index (χ4v) is 0.775. The second kappa shape index (κ2) is 3.01. The molecule has 0 atom stereocenters. The van der Waals surface area contributed by atoms with Crippen molar-refractivity contribution in [3.8, 4) is 11.5 Å². The smallest absolute Gasteiger partial charge is 0.162 e. The number of phenols is 2. The minimum atomic E-state index is -0.271. The predicted octanol–water partition coefficient (Wildman–Crippen LogP) is 1.36. The first-order chi connectivity index (χ1) is 5.25. The maximum atomic E-state index is 9.80. The predicted molar refractivity (Wildman–Crippen MR) is 39.3 cm³/mol. The summed E-state index contributed by atoms with van der Waals surface area (Å²) in [5, 5.41) is 20.6. The van der Waals surface area contributed by atoms with E-state index in [9.17, 15) is 4.91 Å². The maximum Gasteiger partial charge on any atom is 0.162 e. The lowest BCUT2D eigenvalue weighted by molar-refractivity contribution is 0.399. The molecule has 0 aromatic heterocycles. The van der Waals surface area contributed by atoms with Crippen LogP contribution in [0.4, 0.5) is 0 Å². The van der Waals surface area contributed by atoms with Crippen molar-refractivity contribution in [1.29, 1.82) is 0 Å². The Labute approximate surface area is 63.1 Å². The summed E-state index contributed by atoms with van der Waals surface area (Å²) >= 11 is 0. The van der Waals surface area contributed by atoms with E-state index in [-0.39, 0.29) is 18.0 Å². The zero-order valence-corrected chi connectivity index (χ0v) is 5.69. The molecule has 0 saturated heterocycles. The van der Waals surface area contributed by atoms with E-state index in [2.05, 4.69) is 5.18 Å². The fraction of sp³-hybridized carbons (Fsp3) is 0.143. The molecule has 0 fully saturated rings. The third-order valence-electron chi connectivity index (χ3n) is 1.33. The Hall–Kier alpha value is -1.58. The number of hydrogen-bond donors (Lipinski definition) is 2. The lowest BCUT2D eigenvalue weighted by Gasteiger charge is -2.00. The average Bonchev–Trinajstić information content (AvgIpc) is 1.99. The van der Waals surface area contributed by atoms with Crippen LogP contribution in [-0.2, 0) is 6.54 Å². The second-order valence-electron chi connectivity index (χ2n) is 2.07. The van der Waals surface area contributed by atoms with Crippen molar-refractivity contribution in [3.05, 3.63) is 28.7 Å². The Morgan fingerprint density at radius 1 is 1.36 bits per heavy atom. The Morgan fingerprint density at radius 3 is 2.73 bits per heavy atom. The van der Waals surface area contributed by atoms with E-state index in [4.69, 9.17) is 10.2 Å². The van der Waals surface area contributed by atoms with Crippen LogP contribution in [0.15, 0.2) is 23.4 Å². The van der Waals surface area contributed by atoms with Gasteiger partial charge in [-0.25, -0.2) is 0 Å². The van der Waals surface area contributed by atoms with Gasteiger partial charge < -0.3 is 10.2 Å². The topological polar surface area (TPSA) is 69.9 Å². The Kier molecular flexibility index (Phi) is 2.06. The molecular formula is C7H7NO3. The number of benzene rings is 1. The SMILES string of the molecule is O=NCc1cccc(O)c1O. The maximum absolute atomic E-state index is 9.80. The van der Waals surface area contributed by atoms with Crippen molar-refractivity contribution in [1.82, 2.24) is 0 Å². The standard InChI is InChI=1S/C7H7NO3/c9-6-3-1-2-5(4-8-11)7(6)10/h1-3,9-10H,4H2. The van der Waals surface area contributed by atoms with Gasteiger partial charge in [-0.15, -0.1) is 0 Å². The van der Waals surface area contributed by atoms with Crippen LogP contribution in [0.5, 0.6) is 11.5 Å². The van der Waals surface area contributed by atoms with E-state index in [1.165, 1.54) is 18.2 Å². The Balaban J connectivity index is 3.05. The number of rotatable bonds is 2. The van der Waals surface area contributed by atoms with E-state index in [1.54, 1.807) is 0 Å². The number of phenolic OH excluding ortho intramolecular Hbond substituents is 2. The van der Waals surface area contributed by atoms with E-state index in [1.807, 2.05) is 0 Å². The van der Waals surface area contributed by atoms with E-state index in [0.29, 0.717) is 5.56 Å². The largest absolute Gasteiger partial charge is 0.504 e. The van der Waals surface area contributed by atoms with Crippen molar-refractivity contribution in [3.63, 3.8) is 0 Å². The zero-order chi connectivity index (χ0) is 8.27. The van der Waals surface area contributed by atoms with Gasteiger partial charge in [0.1, 0.15) is 6.54 Å². The molecule has 4 heteroatoms. The molecule has 1 aromatic carbocycles. The van der Waals surface area contributed by atoms with Crippen molar-refractivity contribution in [2.24, 2.45) is 5.18 Å². The summed E-state index contributed by atoms with van der Waals surface area (Å²) in [6, 6.07) is 4.40. The molecule has 0 bridgehead atoms. The van der Waals surface area contributed by atoms with Gasteiger partial charge in [-0.05, 0) is 6.07 Å². The highest BCUT2D eigenvalue weighted by Gasteiger charge is 2.04. The van der Waals surface area contributed by atoms with Gasteiger partial charge in [0.05, 0.1) is 0 Å². The number of nitrogens with zero attached hydrogens (tertiary/aromatic N) is 1. The molecule has 0 heterocycles. The summed E-state index contributed by atoms with van der Waals surface area (Å²) in [6.45, 7) is -0.125. The number of nitroso groups, excluding NO2 is 1. The fourth-order valence-electron chi connectivity index (χ4n) is 0.775. The van der Waals surface area contributed by atoms with Crippen LogP contribution in [0, 0.1) is 4.91 Å². The highest BCUT2D eigenvalue weighted by Crippen LogP contribution is 2.28. The van der Waals surface area contributed by atoms with Gasteiger partial charge in [-0.2, -0.15) is 4.91 Å². The zero-order valence-electron chi connectivity index (χ0n) is 5.69. The summed E-state index contributed by atoms with van der Waals surface area (Å²) in [4.78, 5) is 9.80. The summed E-state index contributed by atoms with van der Waals surface area (Å²) in [7, 11) is 0. The summed E-state index contributed by atoms with van der Waals surface area (Å²) in [6.07, 6.45) is 0. The molecule has 0 unspecified atom stereocenters. The quantitative estimate of drug-likeness (QED) is 0.497. The van der Waals surface area contributed by atoms with Crippen molar-refractivity contribution < 1.29 is 10.2 Å². The Morgan fingerprint density at radius 2 is 2.09 bits per heavy atom. The van der Waals surface area contributed by atoms with Crippen LogP contribution in [0.2, 0.25) is 0 Å². The van der Waals surface area contributed by atoms with Gasteiger partial charge >= 0.3 is 0 Å². The van der Waals surface area contributed by atoms with Gasteiger partial charge in [0.2, 0.25) is 0 Å². The van der Waals surface area contributed by atoms with Crippen LogP contribution in [0.25, 0.3) is 0 Å². The summed E-state index contributed by atoms with van der Waals surface area (Å²) in [5.41, 5.74) is 0.333. The van der Waals surface area contributed by atoms with Gasteiger partial charge in [-0.1, -0.05) is 17.3 Å². The first kappa shape index (κ1) is 7.53. The molecule has 0 aliphatic heterocycles. The van der Waals surface area contributed by atoms with Crippen LogP contribution in [0.3, 0.4) is 0 Å². The Bertz CT molecular complexity index is 272. The van der Waals surface area contributed by atoms with Gasteiger partial charge in [0.15, 0.2) is 11.5 Å².